The summed E-state index contributed by atoms with van der Waals surface area (Å²) >= 11 is 0. The van der Waals surface area contributed by atoms with Gasteiger partial charge in [-0.2, -0.15) is 0 Å². The Balaban J connectivity index is 1.63. The van der Waals surface area contributed by atoms with Crippen molar-refractivity contribution < 1.29 is 14.3 Å². The maximum atomic E-state index is 12.6. The van der Waals surface area contributed by atoms with E-state index in [0.717, 1.165) is 48.5 Å². The molecule has 0 radical (unpaired) electrons. The molecular formula is C29H34O3. The van der Waals surface area contributed by atoms with Crippen LogP contribution in [0.1, 0.15) is 58.1 Å². The predicted octanol–water partition coefficient (Wildman–Crippen LogP) is 7.53. The number of para-hydroxylation sites is 1. The van der Waals surface area contributed by atoms with Crippen LogP contribution in [0.25, 0.3) is 0 Å². The summed E-state index contributed by atoms with van der Waals surface area (Å²) in [5.41, 5.74) is 1.75. The second-order valence-corrected chi connectivity index (χ2v) is 8.67. The first kappa shape index (κ1) is 23.6. The molecule has 2 atom stereocenters. The van der Waals surface area contributed by atoms with Gasteiger partial charge in [-0.3, -0.25) is 4.79 Å². The molecule has 3 nitrogen and oxygen atoms in total. The van der Waals surface area contributed by atoms with Crippen molar-refractivity contribution in [1.82, 2.24) is 0 Å². The van der Waals surface area contributed by atoms with Crippen molar-refractivity contribution in [2.75, 3.05) is 0 Å². The van der Waals surface area contributed by atoms with Crippen LogP contribution in [0.15, 0.2) is 78.9 Å². The number of carbonyl (C=O) groups is 1. The third-order valence-corrected chi connectivity index (χ3v) is 6.20. The minimum atomic E-state index is -0.507. The summed E-state index contributed by atoms with van der Waals surface area (Å²) in [6, 6.07) is 26.0. The molecule has 0 aliphatic heterocycles. The number of rotatable bonds is 11. The highest BCUT2D eigenvalue weighted by Gasteiger charge is 2.31. The molecule has 0 spiro atoms. The molecule has 3 heteroatoms. The second-order valence-electron chi connectivity index (χ2n) is 8.67. The van der Waals surface area contributed by atoms with E-state index in [1.807, 2.05) is 66.7 Å². The van der Waals surface area contributed by atoms with Crippen molar-refractivity contribution in [1.29, 1.82) is 0 Å². The van der Waals surface area contributed by atoms with Gasteiger partial charge in [-0.25, -0.2) is 0 Å². The molecule has 168 valence electrons. The number of ketones is 1. The van der Waals surface area contributed by atoms with Crippen LogP contribution in [0.5, 0.6) is 17.2 Å². The number of carbonyl (C=O) groups excluding carboxylic acids is 1. The zero-order valence-electron chi connectivity index (χ0n) is 19.6. The van der Waals surface area contributed by atoms with Gasteiger partial charge in [0, 0.05) is 0 Å². The number of aryl methyl sites for hydroxylation is 1. The van der Waals surface area contributed by atoms with Crippen LogP contribution in [0.4, 0.5) is 0 Å². The van der Waals surface area contributed by atoms with Crippen LogP contribution in [0.2, 0.25) is 0 Å². The molecule has 0 aromatic heterocycles. The van der Waals surface area contributed by atoms with Gasteiger partial charge in [0.25, 0.3) is 0 Å². The van der Waals surface area contributed by atoms with Gasteiger partial charge in [0.1, 0.15) is 23.0 Å². The van der Waals surface area contributed by atoms with Gasteiger partial charge in [0.05, 0.1) is 11.5 Å². The molecule has 0 amide bonds. The number of ether oxygens (including phenoxy) is 2. The zero-order valence-corrected chi connectivity index (χ0v) is 19.6. The quantitative estimate of drug-likeness (QED) is 0.315. The summed E-state index contributed by atoms with van der Waals surface area (Å²) in [6.07, 6.45) is 3.74. The monoisotopic (exact) mass is 430 g/mol. The Morgan fingerprint density at radius 3 is 2.25 bits per heavy atom. The Kier molecular flexibility index (Phi) is 8.10. The molecule has 3 aromatic carbocycles. The van der Waals surface area contributed by atoms with Crippen LogP contribution in [-0.4, -0.2) is 11.9 Å². The lowest BCUT2D eigenvalue weighted by Gasteiger charge is -2.28. The fourth-order valence-electron chi connectivity index (χ4n) is 3.78. The molecule has 0 fully saturated rings. The second kappa shape index (κ2) is 11.0. The van der Waals surface area contributed by atoms with E-state index in [2.05, 4.69) is 32.9 Å². The highest BCUT2D eigenvalue weighted by molar-refractivity contribution is 5.87. The smallest absolute Gasteiger partial charge is 0.140 e. The van der Waals surface area contributed by atoms with E-state index in [4.69, 9.17) is 9.47 Å². The van der Waals surface area contributed by atoms with Gasteiger partial charge in [-0.15, -0.1) is 0 Å². The maximum absolute atomic E-state index is 12.6. The van der Waals surface area contributed by atoms with Gasteiger partial charge >= 0.3 is 0 Å². The summed E-state index contributed by atoms with van der Waals surface area (Å²) in [7, 11) is 0. The highest BCUT2D eigenvalue weighted by Crippen LogP contribution is 2.32. The van der Waals surface area contributed by atoms with Crippen LogP contribution in [-0.2, 0) is 16.6 Å². The molecule has 3 rings (SSSR count). The summed E-state index contributed by atoms with van der Waals surface area (Å²) in [5, 5.41) is 0. The minimum Gasteiger partial charge on any atom is -0.491 e. The third-order valence-electron chi connectivity index (χ3n) is 6.20. The fourth-order valence-corrected chi connectivity index (χ4v) is 3.78. The van der Waals surface area contributed by atoms with Crippen LogP contribution in [0, 0.1) is 0 Å². The summed E-state index contributed by atoms with van der Waals surface area (Å²) in [5.74, 6) is 2.70. The number of Topliss-reactive ketones (excluding diaryl/α,β-unsaturated/α-hetero) is 1. The Bertz CT molecular complexity index is 994. The molecular weight excluding hydrogens is 396 g/mol. The van der Waals surface area contributed by atoms with Crippen LogP contribution in [0.3, 0.4) is 0 Å². The van der Waals surface area contributed by atoms with E-state index in [1.54, 1.807) is 6.92 Å². The molecule has 0 aliphatic rings. The summed E-state index contributed by atoms with van der Waals surface area (Å²) in [6.45, 7) is 7.91. The van der Waals surface area contributed by atoms with Crippen molar-refractivity contribution in [3.63, 3.8) is 0 Å². The SMILES string of the molecule is CCC(C)Oc1ccc(C(C)(CCCc2cccc(Oc3ccccc3)c2)C(C)=O)cc1. The lowest BCUT2D eigenvalue weighted by atomic mass is 9.75. The molecule has 0 heterocycles. The number of hydrogen-bond acceptors (Lipinski definition) is 3. The first-order valence-electron chi connectivity index (χ1n) is 11.5. The predicted molar refractivity (Wildman–Crippen MR) is 131 cm³/mol. The summed E-state index contributed by atoms with van der Waals surface area (Å²) in [4.78, 5) is 12.6. The molecule has 32 heavy (non-hydrogen) atoms. The lowest BCUT2D eigenvalue weighted by Crippen LogP contribution is -2.30. The molecule has 0 saturated carbocycles. The Labute approximate surface area is 192 Å². The molecule has 0 saturated heterocycles. The largest absolute Gasteiger partial charge is 0.491 e. The Morgan fingerprint density at radius 1 is 0.906 bits per heavy atom. The average molecular weight is 431 g/mol. The van der Waals surface area contributed by atoms with E-state index in [9.17, 15) is 4.79 Å². The first-order chi connectivity index (χ1) is 15.4. The zero-order chi connectivity index (χ0) is 23.0. The van der Waals surface area contributed by atoms with Gasteiger partial charge in [0.2, 0.25) is 0 Å². The fraction of sp³-hybridized carbons (Fsp3) is 0.345. The van der Waals surface area contributed by atoms with Gasteiger partial charge in [0.15, 0.2) is 0 Å². The minimum absolute atomic E-state index is 0.182. The van der Waals surface area contributed by atoms with Gasteiger partial charge < -0.3 is 9.47 Å². The summed E-state index contributed by atoms with van der Waals surface area (Å²) < 4.78 is 11.8. The van der Waals surface area contributed by atoms with Gasteiger partial charge in [-0.1, -0.05) is 49.4 Å². The molecule has 3 aromatic rings. The van der Waals surface area contributed by atoms with E-state index in [-0.39, 0.29) is 11.9 Å². The molecule has 0 aliphatic carbocycles. The molecule has 0 bridgehead atoms. The first-order valence-corrected chi connectivity index (χ1v) is 11.5. The third kappa shape index (κ3) is 6.23. The van der Waals surface area contributed by atoms with Crippen molar-refractivity contribution in [2.24, 2.45) is 0 Å². The van der Waals surface area contributed by atoms with E-state index < -0.39 is 5.41 Å². The highest BCUT2D eigenvalue weighted by atomic mass is 16.5. The maximum Gasteiger partial charge on any atom is 0.140 e. The van der Waals surface area contributed by atoms with Crippen molar-refractivity contribution in [2.45, 2.75) is 64.9 Å². The van der Waals surface area contributed by atoms with Crippen molar-refractivity contribution in [3.05, 3.63) is 90.0 Å². The lowest BCUT2D eigenvalue weighted by molar-refractivity contribution is -0.122. The van der Waals surface area contributed by atoms with Crippen LogP contribution >= 0.6 is 0 Å². The molecule has 0 N–H and O–H groups in total. The van der Waals surface area contributed by atoms with E-state index in [1.165, 1.54) is 5.56 Å². The van der Waals surface area contributed by atoms with Crippen molar-refractivity contribution in [3.8, 4) is 17.2 Å². The average Bonchev–Trinajstić information content (AvgIpc) is 2.80. The van der Waals surface area contributed by atoms with Gasteiger partial charge in [-0.05, 0) is 94.0 Å². The van der Waals surface area contributed by atoms with E-state index >= 15 is 0 Å². The van der Waals surface area contributed by atoms with Crippen molar-refractivity contribution >= 4 is 5.78 Å². The number of benzene rings is 3. The Hall–Kier alpha value is -3.07. The molecule has 2 unspecified atom stereocenters. The van der Waals surface area contributed by atoms with E-state index in [0.29, 0.717) is 0 Å². The normalized spacial score (nSPS) is 13.8. The Morgan fingerprint density at radius 2 is 1.59 bits per heavy atom. The number of hydrogen-bond donors (Lipinski definition) is 0. The topological polar surface area (TPSA) is 35.5 Å². The standard InChI is InChI=1S/C29H34O3/c1-5-22(2)31-27-18-16-25(17-19-27)29(4,23(3)30)20-10-12-24-11-9-15-28(21-24)32-26-13-7-6-8-14-26/h6-9,11,13-19,21-22H,5,10,12,20H2,1-4H3. The van der Waals surface area contributed by atoms with Crippen LogP contribution < -0.4 is 9.47 Å².